The van der Waals surface area contributed by atoms with Gasteiger partial charge in [0.2, 0.25) is 0 Å². The number of benzene rings is 1. The molecule has 0 aliphatic rings. The van der Waals surface area contributed by atoms with Crippen LogP contribution in [0.5, 0.6) is 0 Å². The topological polar surface area (TPSA) is 53.4 Å². The molecule has 0 aliphatic heterocycles. The minimum absolute atomic E-state index is 0.0844. The van der Waals surface area contributed by atoms with Crippen LogP contribution in [0.2, 0.25) is 5.02 Å². The summed E-state index contributed by atoms with van der Waals surface area (Å²) in [5.41, 5.74) is 1.73. The van der Waals surface area contributed by atoms with E-state index >= 15 is 0 Å². The third-order valence-corrected chi connectivity index (χ3v) is 3.68. The van der Waals surface area contributed by atoms with Crippen LogP contribution in [-0.4, -0.2) is 22.6 Å². The number of hydrogen-bond donors (Lipinski definition) is 1. The molecule has 19 heavy (non-hydrogen) atoms. The predicted octanol–water partition coefficient (Wildman–Crippen LogP) is 3.20. The van der Waals surface area contributed by atoms with Crippen LogP contribution < -0.4 is 4.90 Å². The summed E-state index contributed by atoms with van der Waals surface area (Å²) in [6.45, 7) is 2.30. The summed E-state index contributed by atoms with van der Waals surface area (Å²) in [6.07, 6.45) is 0. The highest BCUT2D eigenvalue weighted by atomic mass is 35.5. The second-order valence-corrected chi connectivity index (χ2v) is 5.49. The molecular weight excluding hydrogens is 284 g/mol. The molecule has 0 saturated heterocycles. The van der Waals surface area contributed by atoms with E-state index in [1.807, 2.05) is 18.4 Å². The molecule has 1 N–H and O–H groups in total. The number of halogens is 1. The minimum Gasteiger partial charge on any atom is -0.480 e. The third-order valence-electron chi connectivity index (χ3n) is 2.49. The molecule has 2 aromatic rings. The lowest BCUT2D eigenvalue weighted by Gasteiger charge is -2.21. The summed E-state index contributed by atoms with van der Waals surface area (Å²) in [7, 11) is 0. The molecule has 1 heterocycles. The Balaban J connectivity index is 2.22. The van der Waals surface area contributed by atoms with Crippen molar-refractivity contribution in [3.63, 3.8) is 0 Å². The SMILES string of the molecule is Cc1csc(CN(CC(=O)O)c2cccc(Cl)c2)n1. The first-order valence-corrected chi connectivity index (χ1v) is 6.93. The van der Waals surface area contributed by atoms with Crippen LogP contribution in [-0.2, 0) is 11.3 Å². The third kappa shape index (κ3) is 3.94. The molecule has 1 aromatic carbocycles. The van der Waals surface area contributed by atoms with Crippen LogP contribution in [0.1, 0.15) is 10.7 Å². The Morgan fingerprint density at radius 3 is 2.89 bits per heavy atom. The second-order valence-electron chi connectivity index (χ2n) is 4.11. The van der Waals surface area contributed by atoms with Crippen LogP contribution in [0.4, 0.5) is 5.69 Å². The van der Waals surface area contributed by atoms with Crippen LogP contribution in [0.3, 0.4) is 0 Å². The molecule has 0 atom stereocenters. The quantitative estimate of drug-likeness (QED) is 0.920. The van der Waals surface area contributed by atoms with Gasteiger partial charge in [-0.3, -0.25) is 4.79 Å². The summed E-state index contributed by atoms with van der Waals surface area (Å²) in [5, 5.41) is 12.4. The molecule has 0 saturated carbocycles. The van der Waals surface area contributed by atoms with Gasteiger partial charge in [-0.05, 0) is 25.1 Å². The Morgan fingerprint density at radius 2 is 2.32 bits per heavy atom. The van der Waals surface area contributed by atoms with Crippen LogP contribution in [0, 0.1) is 6.92 Å². The Bertz CT molecular complexity index is 586. The average molecular weight is 297 g/mol. The van der Waals surface area contributed by atoms with Crippen molar-refractivity contribution in [2.75, 3.05) is 11.4 Å². The van der Waals surface area contributed by atoms with Gasteiger partial charge in [0.25, 0.3) is 0 Å². The summed E-state index contributed by atoms with van der Waals surface area (Å²) in [5.74, 6) is -0.881. The van der Waals surface area contributed by atoms with Crippen LogP contribution in [0.25, 0.3) is 0 Å². The molecule has 4 nitrogen and oxygen atoms in total. The van der Waals surface area contributed by atoms with Gasteiger partial charge in [0.15, 0.2) is 0 Å². The van der Waals surface area contributed by atoms with Gasteiger partial charge in [0.05, 0.1) is 6.54 Å². The molecule has 0 unspecified atom stereocenters. The minimum atomic E-state index is -0.881. The number of anilines is 1. The molecule has 0 bridgehead atoms. The number of nitrogens with zero attached hydrogens (tertiary/aromatic N) is 2. The van der Waals surface area contributed by atoms with E-state index in [1.54, 1.807) is 23.1 Å². The first kappa shape index (κ1) is 13.8. The van der Waals surface area contributed by atoms with E-state index in [4.69, 9.17) is 16.7 Å². The molecule has 0 amide bonds. The first-order chi connectivity index (χ1) is 9.04. The normalized spacial score (nSPS) is 10.4. The fraction of sp³-hybridized carbons (Fsp3) is 0.231. The number of hydrogen-bond acceptors (Lipinski definition) is 4. The van der Waals surface area contributed by atoms with E-state index in [0.29, 0.717) is 11.6 Å². The number of rotatable bonds is 5. The Kier molecular flexibility index (Phi) is 4.39. The highest BCUT2D eigenvalue weighted by molar-refractivity contribution is 7.09. The number of thiazole rings is 1. The Morgan fingerprint density at radius 1 is 1.53 bits per heavy atom. The monoisotopic (exact) mass is 296 g/mol. The lowest BCUT2D eigenvalue weighted by molar-refractivity contribution is -0.135. The van der Waals surface area contributed by atoms with Gasteiger partial charge in [-0.15, -0.1) is 11.3 Å². The smallest absolute Gasteiger partial charge is 0.323 e. The number of aromatic nitrogens is 1. The Labute approximate surface area is 120 Å². The molecule has 0 radical (unpaired) electrons. The number of aliphatic carboxylic acids is 1. The van der Waals surface area contributed by atoms with E-state index in [9.17, 15) is 4.79 Å². The molecule has 0 fully saturated rings. The number of aryl methyl sites for hydroxylation is 1. The van der Waals surface area contributed by atoms with E-state index < -0.39 is 5.97 Å². The molecule has 6 heteroatoms. The molecule has 100 valence electrons. The van der Waals surface area contributed by atoms with Crippen molar-refractivity contribution in [2.24, 2.45) is 0 Å². The average Bonchev–Trinajstić information content (AvgIpc) is 2.73. The van der Waals surface area contributed by atoms with E-state index in [1.165, 1.54) is 11.3 Å². The summed E-state index contributed by atoms with van der Waals surface area (Å²) in [4.78, 5) is 17.1. The highest BCUT2D eigenvalue weighted by Gasteiger charge is 2.13. The van der Waals surface area contributed by atoms with Gasteiger partial charge < -0.3 is 10.0 Å². The molecule has 0 aliphatic carbocycles. The maximum Gasteiger partial charge on any atom is 0.323 e. The van der Waals surface area contributed by atoms with Crippen molar-refractivity contribution in [3.05, 3.63) is 45.4 Å². The second kappa shape index (κ2) is 6.04. The van der Waals surface area contributed by atoms with Gasteiger partial charge in [-0.25, -0.2) is 4.98 Å². The van der Waals surface area contributed by atoms with Gasteiger partial charge in [0.1, 0.15) is 11.6 Å². The summed E-state index contributed by atoms with van der Waals surface area (Å²) in [6, 6.07) is 7.16. The zero-order valence-corrected chi connectivity index (χ0v) is 11.9. The standard InChI is InChI=1S/C13H13ClN2O2S/c1-9-8-19-12(15-9)6-16(7-13(17)18)11-4-2-3-10(14)5-11/h2-5,8H,6-7H2,1H3,(H,17,18). The van der Waals surface area contributed by atoms with Gasteiger partial charge in [-0.2, -0.15) is 0 Å². The van der Waals surface area contributed by atoms with Gasteiger partial charge >= 0.3 is 5.97 Å². The molecule has 2 rings (SSSR count). The molecule has 0 spiro atoms. The largest absolute Gasteiger partial charge is 0.480 e. The highest BCUT2D eigenvalue weighted by Crippen LogP contribution is 2.22. The lowest BCUT2D eigenvalue weighted by atomic mass is 10.3. The van der Waals surface area contributed by atoms with E-state index in [0.717, 1.165) is 16.4 Å². The lowest BCUT2D eigenvalue weighted by Crippen LogP contribution is -2.29. The van der Waals surface area contributed by atoms with E-state index in [2.05, 4.69) is 4.98 Å². The molecular formula is C13H13ClN2O2S. The first-order valence-electron chi connectivity index (χ1n) is 5.68. The summed E-state index contributed by atoms with van der Waals surface area (Å²) >= 11 is 7.47. The van der Waals surface area contributed by atoms with Gasteiger partial charge in [0, 0.05) is 21.8 Å². The van der Waals surface area contributed by atoms with Crippen molar-refractivity contribution < 1.29 is 9.90 Å². The number of carbonyl (C=O) groups is 1. The fourth-order valence-corrected chi connectivity index (χ4v) is 2.68. The van der Waals surface area contributed by atoms with Crippen molar-refractivity contribution in [1.29, 1.82) is 0 Å². The summed E-state index contributed by atoms with van der Waals surface area (Å²) < 4.78 is 0. The van der Waals surface area contributed by atoms with Crippen LogP contribution >= 0.6 is 22.9 Å². The van der Waals surface area contributed by atoms with Crippen molar-refractivity contribution in [1.82, 2.24) is 4.98 Å². The fourth-order valence-electron chi connectivity index (χ4n) is 1.71. The predicted molar refractivity (Wildman–Crippen MR) is 77.0 cm³/mol. The van der Waals surface area contributed by atoms with Crippen molar-refractivity contribution in [2.45, 2.75) is 13.5 Å². The molecule has 1 aromatic heterocycles. The zero-order chi connectivity index (χ0) is 13.8. The number of carboxylic acid groups (broad SMARTS) is 1. The maximum atomic E-state index is 11.0. The Hall–Kier alpha value is -1.59. The van der Waals surface area contributed by atoms with E-state index in [-0.39, 0.29) is 6.54 Å². The maximum absolute atomic E-state index is 11.0. The van der Waals surface area contributed by atoms with Crippen molar-refractivity contribution in [3.8, 4) is 0 Å². The van der Waals surface area contributed by atoms with Crippen molar-refractivity contribution >= 4 is 34.6 Å². The van der Waals surface area contributed by atoms with Gasteiger partial charge in [-0.1, -0.05) is 17.7 Å². The zero-order valence-electron chi connectivity index (χ0n) is 10.3. The van der Waals surface area contributed by atoms with Crippen LogP contribution in [0.15, 0.2) is 29.6 Å². The number of carboxylic acids is 1.